The Labute approximate surface area is 170 Å². The van der Waals surface area contributed by atoms with E-state index in [0.29, 0.717) is 17.9 Å². The summed E-state index contributed by atoms with van der Waals surface area (Å²) in [7, 11) is 0. The lowest BCUT2D eigenvalue weighted by atomic mass is 9.69. The van der Waals surface area contributed by atoms with Crippen molar-refractivity contribution in [3.05, 3.63) is 77.9 Å². The van der Waals surface area contributed by atoms with Crippen LogP contribution in [0.15, 0.2) is 66.7 Å². The topological polar surface area (TPSA) is 9.23 Å². The SMILES string of the molecule is CC(C)(C)CC(c1ccc(OCc2cccc3ccccc23)cc1)C(C)(C)C. The maximum atomic E-state index is 6.12. The zero-order valence-electron chi connectivity index (χ0n) is 18.3. The number of benzene rings is 3. The Morgan fingerprint density at radius 2 is 1.39 bits per heavy atom. The van der Waals surface area contributed by atoms with Crippen molar-refractivity contribution >= 4 is 10.8 Å². The molecule has 0 saturated carbocycles. The Morgan fingerprint density at radius 1 is 0.750 bits per heavy atom. The first-order valence-corrected chi connectivity index (χ1v) is 10.3. The summed E-state index contributed by atoms with van der Waals surface area (Å²) in [6.45, 7) is 14.6. The Bertz CT molecular complexity index is 902. The lowest BCUT2D eigenvalue weighted by Gasteiger charge is -2.36. The highest BCUT2D eigenvalue weighted by atomic mass is 16.5. The van der Waals surface area contributed by atoms with Crippen LogP contribution in [0.25, 0.3) is 10.8 Å². The Hall–Kier alpha value is -2.28. The van der Waals surface area contributed by atoms with Gasteiger partial charge in [0.1, 0.15) is 12.4 Å². The molecule has 0 aliphatic rings. The molecule has 0 amide bonds. The zero-order chi connectivity index (χ0) is 20.4. The lowest BCUT2D eigenvalue weighted by Crippen LogP contribution is -2.23. The third kappa shape index (κ3) is 5.16. The molecule has 0 bridgehead atoms. The third-order valence-electron chi connectivity index (χ3n) is 5.42. The minimum Gasteiger partial charge on any atom is -0.489 e. The molecular formula is C27H34O. The first kappa shape index (κ1) is 20.5. The van der Waals surface area contributed by atoms with E-state index >= 15 is 0 Å². The molecule has 1 atom stereocenters. The maximum absolute atomic E-state index is 6.12. The second-order valence-corrected chi connectivity index (χ2v) is 10.2. The van der Waals surface area contributed by atoms with E-state index in [0.717, 1.165) is 5.75 Å². The van der Waals surface area contributed by atoms with Crippen molar-refractivity contribution in [1.82, 2.24) is 0 Å². The quantitative estimate of drug-likeness (QED) is 0.440. The minimum atomic E-state index is 0.235. The predicted molar refractivity (Wildman–Crippen MR) is 121 cm³/mol. The summed E-state index contributed by atoms with van der Waals surface area (Å²) < 4.78 is 6.12. The fraction of sp³-hybridized carbons (Fsp3) is 0.407. The van der Waals surface area contributed by atoms with Crippen LogP contribution in [0.3, 0.4) is 0 Å². The number of ether oxygens (including phenoxy) is 1. The molecule has 0 saturated heterocycles. The summed E-state index contributed by atoms with van der Waals surface area (Å²) in [4.78, 5) is 0. The molecule has 0 aliphatic heterocycles. The average molecular weight is 375 g/mol. The van der Waals surface area contributed by atoms with Crippen LogP contribution in [0.1, 0.15) is 65.0 Å². The molecule has 3 aromatic rings. The van der Waals surface area contributed by atoms with E-state index in [9.17, 15) is 0 Å². The highest BCUT2D eigenvalue weighted by Crippen LogP contribution is 2.43. The van der Waals surface area contributed by atoms with Crippen LogP contribution < -0.4 is 4.74 Å². The van der Waals surface area contributed by atoms with E-state index in [1.165, 1.54) is 28.3 Å². The highest BCUT2D eigenvalue weighted by Gasteiger charge is 2.30. The van der Waals surface area contributed by atoms with Crippen molar-refractivity contribution in [2.75, 3.05) is 0 Å². The zero-order valence-corrected chi connectivity index (χ0v) is 18.3. The first-order valence-electron chi connectivity index (χ1n) is 10.3. The van der Waals surface area contributed by atoms with Crippen LogP contribution in [0.4, 0.5) is 0 Å². The van der Waals surface area contributed by atoms with Gasteiger partial charge in [-0.2, -0.15) is 0 Å². The van der Waals surface area contributed by atoms with Gasteiger partial charge in [-0.05, 0) is 57.2 Å². The molecule has 0 N–H and O–H groups in total. The second-order valence-electron chi connectivity index (χ2n) is 10.2. The maximum Gasteiger partial charge on any atom is 0.119 e. The monoisotopic (exact) mass is 374 g/mol. The van der Waals surface area contributed by atoms with E-state index in [-0.39, 0.29) is 5.41 Å². The molecule has 3 aromatic carbocycles. The standard InChI is InChI=1S/C27H34O/c1-26(2,3)18-25(27(4,5)6)21-14-16-23(17-15-21)28-19-22-12-9-11-20-10-7-8-13-24(20)22/h7-17,25H,18-19H2,1-6H3. The number of hydrogen-bond donors (Lipinski definition) is 0. The summed E-state index contributed by atoms with van der Waals surface area (Å²) in [5, 5.41) is 2.52. The molecule has 28 heavy (non-hydrogen) atoms. The van der Waals surface area contributed by atoms with Crippen molar-refractivity contribution in [2.45, 2.75) is 60.5 Å². The fourth-order valence-electron chi connectivity index (χ4n) is 3.91. The van der Waals surface area contributed by atoms with E-state index < -0.39 is 0 Å². The molecule has 0 radical (unpaired) electrons. The van der Waals surface area contributed by atoms with Gasteiger partial charge >= 0.3 is 0 Å². The number of rotatable bonds is 5. The molecule has 1 unspecified atom stereocenters. The molecule has 0 fully saturated rings. The fourth-order valence-corrected chi connectivity index (χ4v) is 3.91. The molecule has 1 heteroatoms. The Balaban J connectivity index is 1.75. The molecule has 0 heterocycles. The molecule has 148 valence electrons. The van der Waals surface area contributed by atoms with Gasteiger partial charge in [0.05, 0.1) is 0 Å². The van der Waals surface area contributed by atoms with Crippen LogP contribution in [0, 0.1) is 10.8 Å². The van der Waals surface area contributed by atoms with Crippen molar-refractivity contribution < 1.29 is 4.74 Å². The normalized spacial score (nSPS) is 13.5. The third-order valence-corrected chi connectivity index (χ3v) is 5.42. The van der Waals surface area contributed by atoms with Crippen LogP contribution in [0.5, 0.6) is 5.75 Å². The largest absolute Gasteiger partial charge is 0.489 e. The molecule has 3 rings (SSSR count). The number of hydrogen-bond acceptors (Lipinski definition) is 1. The average Bonchev–Trinajstić information content (AvgIpc) is 2.63. The van der Waals surface area contributed by atoms with E-state index in [2.05, 4.69) is 108 Å². The van der Waals surface area contributed by atoms with Crippen LogP contribution in [-0.4, -0.2) is 0 Å². The van der Waals surface area contributed by atoms with Gasteiger partial charge in [0.15, 0.2) is 0 Å². The van der Waals surface area contributed by atoms with Crippen LogP contribution in [0.2, 0.25) is 0 Å². The van der Waals surface area contributed by atoms with E-state index in [4.69, 9.17) is 4.74 Å². The van der Waals surface area contributed by atoms with Gasteiger partial charge in [-0.15, -0.1) is 0 Å². The summed E-state index contributed by atoms with van der Waals surface area (Å²) in [5.74, 6) is 1.46. The van der Waals surface area contributed by atoms with Gasteiger partial charge in [0, 0.05) is 0 Å². The molecule has 0 spiro atoms. The van der Waals surface area contributed by atoms with Crippen molar-refractivity contribution in [1.29, 1.82) is 0 Å². The van der Waals surface area contributed by atoms with Crippen molar-refractivity contribution in [3.63, 3.8) is 0 Å². The Kier molecular flexibility index (Phi) is 5.84. The minimum absolute atomic E-state index is 0.235. The van der Waals surface area contributed by atoms with E-state index in [1.807, 2.05) is 0 Å². The second kappa shape index (κ2) is 7.99. The molecule has 1 nitrogen and oxygen atoms in total. The van der Waals surface area contributed by atoms with Crippen molar-refractivity contribution in [2.24, 2.45) is 10.8 Å². The summed E-state index contributed by atoms with van der Waals surface area (Å²) >= 11 is 0. The number of fused-ring (bicyclic) bond motifs is 1. The lowest BCUT2D eigenvalue weighted by molar-refractivity contribution is 0.229. The smallest absolute Gasteiger partial charge is 0.119 e. The van der Waals surface area contributed by atoms with Gasteiger partial charge in [-0.25, -0.2) is 0 Å². The summed E-state index contributed by atoms with van der Waals surface area (Å²) in [6.07, 6.45) is 1.17. The first-order chi connectivity index (χ1) is 13.1. The molecule has 0 aromatic heterocycles. The predicted octanol–water partition coefficient (Wildman–Crippen LogP) is 7.98. The van der Waals surface area contributed by atoms with Gasteiger partial charge in [0.2, 0.25) is 0 Å². The van der Waals surface area contributed by atoms with Gasteiger partial charge in [-0.3, -0.25) is 0 Å². The Morgan fingerprint density at radius 3 is 2.04 bits per heavy atom. The van der Waals surface area contributed by atoms with Crippen LogP contribution in [-0.2, 0) is 6.61 Å². The van der Waals surface area contributed by atoms with Crippen molar-refractivity contribution in [3.8, 4) is 5.75 Å². The van der Waals surface area contributed by atoms with Gasteiger partial charge < -0.3 is 4.74 Å². The van der Waals surface area contributed by atoms with E-state index in [1.54, 1.807) is 0 Å². The van der Waals surface area contributed by atoms with Crippen LogP contribution >= 0.6 is 0 Å². The highest BCUT2D eigenvalue weighted by molar-refractivity contribution is 5.85. The van der Waals surface area contributed by atoms with Gasteiger partial charge in [0.25, 0.3) is 0 Å². The summed E-state index contributed by atoms with van der Waals surface area (Å²) in [6, 6.07) is 23.6. The molecular weight excluding hydrogens is 340 g/mol. The van der Waals surface area contributed by atoms with Gasteiger partial charge in [-0.1, -0.05) is 96.1 Å². The summed E-state index contributed by atoms with van der Waals surface area (Å²) in [5.41, 5.74) is 3.17. The molecule has 0 aliphatic carbocycles.